The summed E-state index contributed by atoms with van der Waals surface area (Å²) in [5.74, 6) is -0.156. The molecule has 0 bridgehead atoms. The van der Waals surface area contributed by atoms with Gasteiger partial charge >= 0.3 is 0 Å². The molecular formula is C10H18ClNO2. The van der Waals surface area contributed by atoms with E-state index in [1.807, 2.05) is 13.8 Å². The fourth-order valence-corrected chi connectivity index (χ4v) is 1.15. The van der Waals surface area contributed by atoms with Crippen LogP contribution in [0.3, 0.4) is 0 Å². The second-order valence-electron chi connectivity index (χ2n) is 4.75. The molecule has 0 fully saturated rings. The minimum atomic E-state index is -0.594. The van der Waals surface area contributed by atoms with Crippen LogP contribution >= 0.6 is 11.6 Å². The molecule has 0 saturated heterocycles. The summed E-state index contributed by atoms with van der Waals surface area (Å²) < 4.78 is 0. The Bertz CT molecular complexity index is 231. The maximum absolute atomic E-state index is 11.6. The van der Waals surface area contributed by atoms with Crippen molar-refractivity contribution in [2.45, 2.75) is 40.7 Å². The number of amides is 1. The van der Waals surface area contributed by atoms with Gasteiger partial charge in [0, 0.05) is 5.41 Å². The van der Waals surface area contributed by atoms with Crippen molar-refractivity contribution in [1.82, 2.24) is 5.32 Å². The third-order valence-electron chi connectivity index (χ3n) is 1.88. The highest BCUT2D eigenvalue weighted by Gasteiger charge is 2.28. The third kappa shape index (κ3) is 4.09. The monoisotopic (exact) mass is 219 g/mol. The van der Waals surface area contributed by atoms with Crippen molar-refractivity contribution in [3.05, 3.63) is 0 Å². The molecule has 0 aliphatic heterocycles. The van der Waals surface area contributed by atoms with Crippen molar-refractivity contribution in [1.29, 1.82) is 0 Å². The molecular weight excluding hydrogens is 202 g/mol. The molecule has 1 amide bonds. The van der Waals surface area contributed by atoms with Gasteiger partial charge in [0.15, 0.2) is 0 Å². The molecule has 0 heterocycles. The van der Waals surface area contributed by atoms with E-state index in [0.717, 1.165) is 0 Å². The van der Waals surface area contributed by atoms with Gasteiger partial charge in [-0.1, -0.05) is 34.6 Å². The zero-order valence-electron chi connectivity index (χ0n) is 9.35. The van der Waals surface area contributed by atoms with Crippen LogP contribution in [0.1, 0.15) is 34.6 Å². The van der Waals surface area contributed by atoms with Crippen molar-refractivity contribution in [3.63, 3.8) is 0 Å². The Balaban J connectivity index is 4.48. The van der Waals surface area contributed by atoms with Gasteiger partial charge in [0.05, 0.1) is 0 Å². The molecule has 14 heavy (non-hydrogen) atoms. The number of carbonyl (C=O) groups excluding carboxylic acids is 2. The molecule has 1 N–H and O–H groups in total. The van der Waals surface area contributed by atoms with Gasteiger partial charge in [0.2, 0.25) is 11.1 Å². The number of hydrogen-bond donors (Lipinski definition) is 1. The van der Waals surface area contributed by atoms with E-state index in [0.29, 0.717) is 0 Å². The molecule has 1 atom stereocenters. The van der Waals surface area contributed by atoms with Crippen LogP contribution in [-0.2, 0) is 9.59 Å². The van der Waals surface area contributed by atoms with Crippen LogP contribution in [0, 0.1) is 11.3 Å². The van der Waals surface area contributed by atoms with E-state index in [-0.39, 0.29) is 11.8 Å². The summed E-state index contributed by atoms with van der Waals surface area (Å²) in [5.41, 5.74) is -0.501. The lowest BCUT2D eigenvalue weighted by atomic mass is 9.94. The standard InChI is InChI=1S/C10H18ClNO2/c1-6(2)7(8(11)13)12-9(14)10(3,4)5/h6-7H,1-5H3,(H,12,14). The smallest absolute Gasteiger partial charge is 0.244 e. The molecule has 0 saturated carbocycles. The molecule has 82 valence electrons. The Morgan fingerprint density at radius 1 is 1.21 bits per heavy atom. The minimum Gasteiger partial charge on any atom is -0.344 e. The van der Waals surface area contributed by atoms with Crippen LogP contribution in [0.5, 0.6) is 0 Å². The average Bonchev–Trinajstić information content (AvgIpc) is 1.96. The van der Waals surface area contributed by atoms with Crippen LogP contribution in [0.25, 0.3) is 0 Å². The minimum absolute atomic E-state index is 0.00583. The maximum Gasteiger partial charge on any atom is 0.244 e. The molecule has 0 aromatic carbocycles. The van der Waals surface area contributed by atoms with E-state index in [1.165, 1.54) is 0 Å². The topological polar surface area (TPSA) is 46.2 Å². The van der Waals surface area contributed by atoms with E-state index in [2.05, 4.69) is 5.32 Å². The number of nitrogens with one attached hydrogen (secondary N) is 1. The van der Waals surface area contributed by atoms with Crippen LogP contribution < -0.4 is 5.32 Å². The predicted molar refractivity (Wildman–Crippen MR) is 57.1 cm³/mol. The number of halogens is 1. The predicted octanol–water partition coefficient (Wildman–Crippen LogP) is 1.94. The summed E-state index contributed by atoms with van der Waals surface area (Å²) in [6.45, 7) is 9.05. The second kappa shape index (κ2) is 4.78. The summed E-state index contributed by atoms with van der Waals surface area (Å²) in [6, 6.07) is -0.594. The molecule has 4 heteroatoms. The van der Waals surface area contributed by atoms with Gasteiger partial charge in [-0.2, -0.15) is 0 Å². The van der Waals surface area contributed by atoms with Gasteiger partial charge in [-0.25, -0.2) is 0 Å². The van der Waals surface area contributed by atoms with E-state index < -0.39 is 16.7 Å². The lowest BCUT2D eigenvalue weighted by molar-refractivity contribution is -0.131. The molecule has 0 aliphatic rings. The Morgan fingerprint density at radius 2 is 1.64 bits per heavy atom. The Labute approximate surface area is 90.2 Å². The van der Waals surface area contributed by atoms with Gasteiger partial charge < -0.3 is 5.32 Å². The Kier molecular flexibility index (Phi) is 4.59. The molecule has 0 aromatic heterocycles. The highest BCUT2D eigenvalue weighted by Crippen LogP contribution is 2.15. The van der Waals surface area contributed by atoms with Crippen molar-refractivity contribution in [2.24, 2.45) is 11.3 Å². The van der Waals surface area contributed by atoms with Crippen molar-refractivity contribution < 1.29 is 9.59 Å². The van der Waals surface area contributed by atoms with E-state index in [4.69, 9.17) is 11.6 Å². The normalized spacial score (nSPS) is 13.9. The maximum atomic E-state index is 11.6. The van der Waals surface area contributed by atoms with Gasteiger partial charge in [-0.3, -0.25) is 9.59 Å². The van der Waals surface area contributed by atoms with E-state index in [1.54, 1.807) is 20.8 Å². The first-order valence-corrected chi connectivity index (χ1v) is 5.04. The second-order valence-corrected chi connectivity index (χ2v) is 5.12. The number of hydrogen-bond acceptors (Lipinski definition) is 2. The lowest BCUT2D eigenvalue weighted by Crippen LogP contribution is -2.47. The SMILES string of the molecule is CC(C)C(NC(=O)C(C)(C)C)C(=O)Cl. The molecule has 0 aliphatic carbocycles. The van der Waals surface area contributed by atoms with Gasteiger partial charge in [0.1, 0.15) is 6.04 Å². The lowest BCUT2D eigenvalue weighted by Gasteiger charge is -2.24. The molecule has 0 radical (unpaired) electrons. The van der Waals surface area contributed by atoms with Crippen LogP contribution in [0.2, 0.25) is 0 Å². The molecule has 0 rings (SSSR count). The first-order chi connectivity index (χ1) is 6.16. The van der Waals surface area contributed by atoms with Crippen molar-refractivity contribution >= 4 is 22.8 Å². The van der Waals surface area contributed by atoms with Crippen LogP contribution in [0.15, 0.2) is 0 Å². The first-order valence-electron chi connectivity index (χ1n) is 4.66. The van der Waals surface area contributed by atoms with Crippen molar-refractivity contribution in [2.75, 3.05) is 0 Å². The zero-order valence-corrected chi connectivity index (χ0v) is 10.1. The highest BCUT2D eigenvalue weighted by molar-refractivity contribution is 6.64. The van der Waals surface area contributed by atoms with Gasteiger partial charge in [0.25, 0.3) is 0 Å². The van der Waals surface area contributed by atoms with Crippen molar-refractivity contribution in [3.8, 4) is 0 Å². The quantitative estimate of drug-likeness (QED) is 0.738. The summed E-state index contributed by atoms with van der Waals surface area (Å²) in [5, 5.41) is 2.12. The summed E-state index contributed by atoms with van der Waals surface area (Å²) >= 11 is 5.38. The summed E-state index contributed by atoms with van der Waals surface area (Å²) in [4.78, 5) is 22.6. The fourth-order valence-electron chi connectivity index (χ4n) is 0.843. The number of carbonyl (C=O) groups is 2. The average molecular weight is 220 g/mol. The van der Waals surface area contributed by atoms with Gasteiger partial charge in [-0.05, 0) is 17.5 Å². The van der Waals surface area contributed by atoms with Crippen LogP contribution in [0.4, 0.5) is 0 Å². The molecule has 3 nitrogen and oxygen atoms in total. The molecule has 0 aromatic rings. The molecule has 1 unspecified atom stereocenters. The van der Waals surface area contributed by atoms with Gasteiger partial charge in [-0.15, -0.1) is 0 Å². The first kappa shape index (κ1) is 13.4. The third-order valence-corrected chi connectivity index (χ3v) is 2.11. The highest BCUT2D eigenvalue weighted by atomic mass is 35.5. The van der Waals surface area contributed by atoms with E-state index >= 15 is 0 Å². The summed E-state index contributed by atoms with van der Waals surface area (Å²) in [7, 11) is 0. The van der Waals surface area contributed by atoms with Crippen LogP contribution in [-0.4, -0.2) is 17.2 Å². The zero-order chi connectivity index (χ0) is 11.5. The Hall–Kier alpha value is -0.570. The fraction of sp³-hybridized carbons (Fsp3) is 0.800. The largest absolute Gasteiger partial charge is 0.344 e. The molecule has 0 spiro atoms. The summed E-state index contributed by atoms with van der Waals surface area (Å²) in [6.07, 6.45) is 0. The Morgan fingerprint density at radius 3 is 1.86 bits per heavy atom. The van der Waals surface area contributed by atoms with E-state index in [9.17, 15) is 9.59 Å². The number of rotatable bonds is 3.